The fraction of sp³-hybridized carbons (Fsp3) is 0.368. The quantitative estimate of drug-likeness (QED) is 0.672. The number of esters is 1. The van der Waals surface area contributed by atoms with E-state index in [1.807, 2.05) is 0 Å². The molecule has 0 fully saturated rings. The van der Waals surface area contributed by atoms with Crippen molar-refractivity contribution in [3.8, 4) is 0 Å². The number of halogens is 1. The number of anilines is 2. The standard InChI is InChI=1S/C19H21ClN2O5S2/c1-27-19(24)17-14-5-3-4-6-15(14)28-18(17)21-16(23)11-22(29(2,25)26)13-9-7-12(20)8-10-13/h7-10H,3-6,11H2,1-2H3,(H,21,23). The molecule has 1 amide bonds. The lowest BCUT2D eigenvalue weighted by Gasteiger charge is -2.21. The molecule has 0 saturated carbocycles. The number of carbonyl (C=O) groups is 2. The second kappa shape index (κ2) is 8.73. The lowest BCUT2D eigenvalue weighted by Crippen LogP contribution is -2.37. The highest BCUT2D eigenvalue weighted by Crippen LogP contribution is 2.38. The first-order valence-corrected chi connectivity index (χ1v) is 12.0. The maximum absolute atomic E-state index is 12.7. The van der Waals surface area contributed by atoms with E-state index in [-0.39, 0.29) is 0 Å². The number of sulfonamides is 1. The molecule has 2 aromatic rings. The maximum Gasteiger partial charge on any atom is 0.341 e. The van der Waals surface area contributed by atoms with Gasteiger partial charge in [0.2, 0.25) is 15.9 Å². The van der Waals surface area contributed by atoms with Crippen molar-refractivity contribution in [1.82, 2.24) is 0 Å². The molecule has 1 aromatic carbocycles. The first-order chi connectivity index (χ1) is 13.7. The molecule has 156 valence electrons. The zero-order chi connectivity index (χ0) is 21.2. The van der Waals surface area contributed by atoms with E-state index in [1.54, 1.807) is 12.1 Å². The molecule has 1 aromatic heterocycles. The summed E-state index contributed by atoms with van der Waals surface area (Å²) in [5.74, 6) is -1.05. The number of benzene rings is 1. The minimum atomic E-state index is -3.71. The Kier molecular flexibility index (Phi) is 6.50. The molecule has 1 heterocycles. The molecule has 1 aliphatic rings. The van der Waals surface area contributed by atoms with Crippen molar-refractivity contribution < 1.29 is 22.7 Å². The Labute approximate surface area is 178 Å². The smallest absolute Gasteiger partial charge is 0.341 e. The Balaban J connectivity index is 1.86. The molecular weight excluding hydrogens is 436 g/mol. The topological polar surface area (TPSA) is 92.8 Å². The van der Waals surface area contributed by atoms with Crippen LogP contribution in [0.1, 0.15) is 33.6 Å². The van der Waals surface area contributed by atoms with Crippen LogP contribution in [0.15, 0.2) is 24.3 Å². The van der Waals surface area contributed by atoms with E-state index < -0.39 is 28.4 Å². The average Bonchev–Trinajstić information content (AvgIpc) is 3.03. The number of ether oxygens (including phenoxy) is 1. The summed E-state index contributed by atoms with van der Waals surface area (Å²) in [5, 5.41) is 3.57. The zero-order valence-electron chi connectivity index (χ0n) is 16.0. The predicted octanol–water partition coefficient (Wildman–Crippen LogP) is 3.47. The summed E-state index contributed by atoms with van der Waals surface area (Å²) in [6, 6.07) is 6.16. The number of amides is 1. The van der Waals surface area contributed by atoms with Crippen molar-refractivity contribution in [1.29, 1.82) is 0 Å². The van der Waals surface area contributed by atoms with Gasteiger partial charge < -0.3 is 10.1 Å². The van der Waals surface area contributed by atoms with Crippen LogP contribution < -0.4 is 9.62 Å². The van der Waals surface area contributed by atoms with Crippen molar-refractivity contribution >= 4 is 55.5 Å². The first-order valence-electron chi connectivity index (χ1n) is 8.96. The normalized spacial score (nSPS) is 13.5. The van der Waals surface area contributed by atoms with Gasteiger partial charge in [-0.1, -0.05) is 11.6 Å². The van der Waals surface area contributed by atoms with Crippen molar-refractivity contribution in [2.45, 2.75) is 25.7 Å². The molecule has 0 bridgehead atoms. The fourth-order valence-corrected chi connectivity index (χ4v) is 5.55. The number of fused-ring (bicyclic) bond motifs is 1. The molecule has 29 heavy (non-hydrogen) atoms. The summed E-state index contributed by atoms with van der Waals surface area (Å²) >= 11 is 7.21. The average molecular weight is 457 g/mol. The van der Waals surface area contributed by atoms with Crippen LogP contribution in [0.25, 0.3) is 0 Å². The van der Waals surface area contributed by atoms with Gasteiger partial charge in [0.25, 0.3) is 0 Å². The van der Waals surface area contributed by atoms with Gasteiger partial charge >= 0.3 is 5.97 Å². The first kappa shape index (κ1) is 21.6. The molecule has 7 nitrogen and oxygen atoms in total. The van der Waals surface area contributed by atoms with Crippen LogP contribution in [0.2, 0.25) is 5.02 Å². The van der Waals surface area contributed by atoms with Gasteiger partial charge in [-0.3, -0.25) is 9.10 Å². The SMILES string of the molecule is COC(=O)c1c(NC(=O)CN(c2ccc(Cl)cc2)S(C)(=O)=O)sc2c1CCCC2. The highest BCUT2D eigenvalue weighted by atomic mass is 35.5. The second-order valence-corrected chi connectivity index (χ2v) is 10.1. The number of thiophene rings is 1. The molecule has 0 spiro atoms. The number of methoxy groups -OCH3 is 1. The van der Waals surface area contributed by atoms with Crippen LogP contribution in [-0.4, -0.2) is 40.2 Å². The third-order valence-electron chi connectivity index (χ3n) is 4.62. The van der Waals surface area contributed by atoms with E-state index >= 15 is 0 Å². The van der Waals surface area contributed by atoms with Gasteiger partial charge in [-0.2, -0.15) is 0 Å². The minimum Gasteiger partial charge on any atom is -0.465 e. The number of aryl methyl sites for hydroxylation is 1. The lowest BCUT2D eigenvalue weighted by molar-refractivity contribution is -0.114. The van der Waals surface area contributed by atoms with E-state index in [2.05, 4.69) is 5.32 Å². The number of carbonyl (C=O) groups excluding carboxylic acids is 2. The number of rotatable bonds is 6. The van der Waals surface area contributed by atoms with Crippen LogP contribution in [0.3, 0.4) is 0 Å². The van der Waals surface area contributed by atoms with Crippen molar-refractivity contribution in [3.05, 3.63) is 45.3 Å². The van der Waals surface area contributed by atoms with Gasteiger partial charge in [0, 0.05) is 9.90 Å². The van der Waals surface area contributed by atoms with Gasteiger partial charge in [0.15, 0.2) is 0 Å². The second-order valence-electron chi connectivity index (χ2n) is 6.70. The maximum atomic E-state index is 12.7. The van der Waals surface area contributed by atoms with Crippen LogP contribution in [-0.2, 0) is 32.4 Å². The van der Waals surface area contributed by atoms with Crippen LogP contribution in [0, 0.1) is 0 Å². The Hall–Kier alpha value is -2.10. The van der Waals surface area contributed by atoms with E-state index in [9.17, 15) is 18.0 Å². The Morgan fingerprint density at radius 3 is 2.48 bits per heavy atom. The zero-order valence-corrected chi connectivity index (χ0v) is 18.4. The molecule has 0 unspecified atom stereocenters. The van der Waals surface area contributed by atoms with Crippen molar-refractivity contribution in [2.75, 3.05) is 29.5 Å². The third-order valence-corrected chi connectivity index (χ3v) is 7.22. The summed E-state index contributed by atoms with van der Waals surface area (Å²) in [6.07, 6.45) is 4.63. The predicted molar refractivity (Wildman–Crippen MR) is 115 cm³/mol. The number of hydrogen-bond donors (Lipinski definition) is 1. The minimum absolute atomic E-state index is 0.325. The van der Waals surface area contributed by atoms with Crippen molar-refractivity contribution in [3.63, 3.8) is 0 Å². The summed E-state index contributed by atoms with van der Waals surface area (Å²) in [7, 11) is -2.41. The molecule has 0 saturated heterocycles. The Morgan fingerprint density at radius 2 is 1.86 bits per heavy atom. The van der Waals surface area contributed by atoms with Gasteiger partial charge in [0.1, 0.15) is 11.5 Å². The molecule has 10 heteroatoms. The molecule has 0 atom stereocenters. The van der Waals surface area contributed by atoms with Gasteiger partial charge in [-0.25, -0.2) is 13.2 Å². The van der Waals surface area contributed by atoms with Crippen LogP contribution in [0.4, 0.5) is 10.7 Å². The third kappa shape index (κ3) is 4.91. The summed E-state index contributed by atoms with van der Waals surface area (Å²) < 4.78 is 30.3. The number of hydrogen-bond acceptors (Lipinski definition) is 6. The van der Waals surface area contributed by atoms with Crippen LogP contribution >= 0.6 is 22.9 Å². The monoisotopic (exact) mass is 456 g/mol. The molecule has 1 N–H and O–H groups in total. The van der Waals surface area contributed by atoms with E-state index in [0.717, 1.165) is 46.7 Å². The van der Waals surface area contributed by atoms with Gasteiger partial charge in [-0.15, -0.1) is 11.3 Å². The highest BCUT2D eigenvalue weighted by Gasteiger charge is 2.28. The highest BCUT2D eigenvalue weighted by molar-refractivity contribution is 7.92. The Morgan fingerprint density at radius 1 is 1.21 bits per heavy atom. The Bertz CT molecular complexity index is 1030. The fourth-order valence-electron chi connectivity index (χ4n) is 3.28. The summed E-state index contributed by atoms with van der Waals surface area (Å²) in [4.78, 5) is 26.1. The largest absolute Gasteiger partial charge is 0.465 e. The van der Waals surface area contributed by atoms with Gasteiger partial charge in [0.05, 0.1) is 24.6 Å². The number of nitrogens with one attached hydrogen (secondary N) is 1. The van der Waals surface area contributed by atoms with Crippen molar-refractivity contribution in [2.24, 2.45) is 0 Å². The van der Waals surface area contributed by atoms with Crippen LogP contribution in [0.5, 0.6) is 0 Å². The number of nitrogens with zero attached hydrogens (tertiary/aromatic N) is 1. The summed E-state index contributed by atoms with van der Waals surface area (Å²) in [6.45, 7) is -0.427. The molecular formula is C19H21ClN2O5S2. The molecule has 0 aliphatic heterocycles. The van der Waals surface area contributed by atoms with Gasteiger partial charge in [-0.05, 0) is 55.5 Å². The molecule has 0 radical (unpaired) electrons. The van der Waals surface area contributed by atoms with E-state index in [1.165, 1.54) is 30.6 Å². The molecule has 1 aliphatic carbocycles. The summed E-state index contributed by atoms with van der Waals surface area (Å²) in [5.41, 5.74) is 1.62. The van der Waals surface area contributed by atoms with E-state index in [0.29, 0.717) is 21.3 Å². The van der Waals surface area contributed by atoms with E-state index in [4.69, 9.17) is 16.3 Å². The lowest BCUT2D eigenvalue weighted by atomic mass is 9.95. The molecule has 3 rings (SSSR count).